The third-order valence-electron chi connectivity index (χ3n) is 9.10. The summed E-state index contributed by atoms with van der Waals surface area (Å²) in [5, 5.41) is 19.8. The Bertz CT molecular complexity index is 2530. The number of benzene rings is 3. The van der Waals surface area contributed by atoms with Gasteiger partial charge >= 0.3 is 17.8 Å². The van der Waals surface area contributed by atoms with Crippen LogP contribution in [0.25, 0.3) is 10.2 Å². The Morgan fingerprint density at radius 3 is 2.46 bits per heavy atom. The second kappa shape index (κ2) is 17.4. The quantitative estimate of drug-likeness (QED) is 0.0462. The van der Waals surface area contributed by atoms with Gasteiger partial charge in [0.25, 0.3) is 0 Å². The fourth-order valence-electron chi connectivity index (χ4n) is 5.93. The highest BCUT2D eigenvalue weighted by Crippen LogP contribution is 2.52. The molecule has 1 aliphatic heterocycles. The Hall–Kier alpha value is -6.03. The third kappa shape index (κ3) is 9.48. The Morgan fingerprint density at radius 2 is 1.76 bits per heavy atom. The molecule has 0 fully saturated rings. The minimum absolute atomic E-state index is 0.0218. The second-order valence-corrected chi connectivity index (χ2v) is 15.6. The summed E-state index contributed by atoms with van der Waals surface area (Å²) < 4.78 is 66.9. The molecule has 0 amide bonds. The van der Waals surface area contributed by atoms with E-state index in [-0.39, 0.29) is 30.2 Å². The number of fused-ring (bicyclic) bond motifs is 1. The van der Waals surface area contributed by atoms with Gasteiger partial charge in [-0.15, -0.1) is 31.8 Å². The number of halogens is 4. The van der Waals surface area contributed by atoms with Crippen LogP contribution in [0.3, 0.4) is 0 Å². The normalized spacial score (nSPS) is 13.0. The Balaban J connectivity index is 0.914. The number of hydrogen-bond acceptors (Lipinski definition) is 14. The van der Waals surface area contributed by atoms with Crippen molar-refractivity contribution in [1.29, 1.82) is 0 Å². The van der Waals surface area contributed by atoms with Crippen molar-refractivity contribution in [2.24, 2.45) is 10.2 Å². The van der Waals surface area contributed by atoms with Crippen molar-refractivity contribution in [2.45, 2.75) is 45.1 Å². The maximum Gasteiger partial charge on any atom is 0.442 e. The van der Waals surface area contributed by atoms with Crippen molar-refractivity contribution in [2.75, 3.05) is 44.1 Å². The zero-order valence-corrected chi connectivity index (χ0v) is 33.9. The van der Waals surface area contributed by atoms with E-state index in [4.69, 9.17) is 9.47 Å². The predicted molar refractivity (Wildman–Crippen MR) is 218 cm³/mol. The van der Waals surface area contributed by atoms with Crippen molar-refractivity contribution < 1.29 is 31.8 Å². The molecule has 0 radical (unpaired) electrons. The predicted octanol–water partition coefficient (Wildman–Crippen LogP) is 9.35. The van der Waals surface area contributed by atoms with Crippen LogP contribution in [0.5, 0.6) is 5.75 Å². The summed E-state index contributed by atoms with van der Waals surface area (Å²) >= 11 is 2.85. The van der Waals surface area contributed by atoms with Crippen LogP contribution >= 0.6 is 22.7 Å². The van der Waals surface area contributed by atoms with Gasteiger partial charge in [-0.25, -0.2) is 19.2 Å². The lowest BCUT2D eigenvalue weighted by Crippen LogP contribution is -2.30. The highest BCUT2D eigenvalue weighted by atomic mass is 32.1. The van der Waals surface area contributed by atoms with Crippen LogP contribution in [0, 0.1) is 24.6 Å². The Labute approximate surface area is 345 Å². The number of rotatable bonds is 15. The van der Waals surface area contributed by atoms with E-state index in [2.05, 4.69) is 47.6 Å². The van der Waals surface area contributed by atoms with E-state index in [1.165, 1.54) is 46.9 Å². The fraction of sp³-hybridized carbons (Fsp3) is 0.293. The van der Waals surface area contributed by atoms with E-state index in [1.807, 2.05) is 49.2 Å². The van der Waals surface area contributed by atoms with Gasteiger partial charge in [-0.2, -0.15) is 13.2 Å². The van der Waals surface area contributed by atoms with E-state index < -0.39 is 23.6 Å². The van der Waals surface area contributed by atoms with E-state index in [9.17, 15) is 18.0 Å². The van der Waals surface area contributed by atoms with Gasteiger partial charge in [-0.1, -0.05) is 59.6 Å². The average molecular weight is 844 g/mol. The number of para-hydroxylation sites is 1. The smallest absolute Gasteiger partial charge is 0.442 e. The summed E-state index contributed by atoms with van der Waals surface area (Å²) in [5.74, 6) is 6.01. The molecule has 0 saturated heterocycles. The number of carbonyl (C=O) groups is 1. The highest BCUT2D eigenvalue weighted by molar-refractivity contribution is 7.22. The number of esters is 1. The molecule has 0 bridgehead atoms. The fourth-order valence-corrected chi connectivity index (χ4v) is 7.86. The molecule has 0 saturated carbocycles. The molecule has 0 spiro atoms. The molecule has 1 N–H and O–H groups in total. The first-order chi connectivity index (χ1) is 28.3. The minimum atomic E-state index is -4.57. The number of aromatic nitrogens is 4. The largest absolute Gasteiger partial charge is 0.491 e. The van der Waals surface area contributed by atoms with E-state index >= 15 is 4.39 Å². The minimum Gasteiger partial charge on any atom is -0.491 e. The molecule has 4 heterocycles. The maximum absolute atomic E-state index is 15.0. The molecule has 59 heavy (non-hydrogen) atoms. The van der Waals surface area contributed by atoms with Crippen LogP contribution in [0.2, 0.25) is 0 Å². The highest BCUT2D eigenvalue weighted by Gasteiger charge is 2.65. The van der Waals surface area contributed by atoms with Crippen LogP contribution in [0.15, 0.2) is 83.0 Å². The summed E-state index contributed by atoms with van der Waals surface area (Å²) in [6.45, 7) is 4.79. The van der Waals surface area contributed by atoms with Crippen molar-refractivity contribution >= 4 is 60.8 Å². The lowest BCUT2D eigenvalue weighted by atomic mass is 10.0. The van der Waals surface area contributed by atoms with Crippen molar-refractivity contribution in [3.05, 3.63) is 111 Å². The molecule has 18 heteroatoms. The summed E-state index contributed by atoms with van der Waals surface area (Å²) in [4.78, 5) is 26.5. The van der Waals surface area contributed by atoms with Crippen LogP contribution in [-0.2, 0) is 23.4 Å². The molecule has 1 aliphatic rings. The molecule has 3 aromatic carbocycles. The Morgan fingerprint density at radius 1 is 0.983 bits per heavy atom. The average Bonchev–Trinajstić information content (AvgIpc) is 3.77. The molecular weight excluding hydrogens is 807 g/mol. The number of hydrogen-bond donors (Lipinski definition) is 1. The van der Waals surface area contributed by atoms with Gasteiger partial charge in [0.1, 0.15) is 0 Å². The summed E-state index contributed by atoms with van der Waals surface area (Å²) in [6.07, 6.45) is -3.68. The first-order valence-electron chi connectivity index (χ1n) is 18.4. The Kier molecular flexibility index (Phi) is 12.2. The molecule has 3 aromatic heterocycles. The standard InChI is InChI=1S/C41H37F4N9O3S2/c1-5-56-37(55)35-33(59-39(47-35)54(4)34-22-25(2)36(50-49-34)48-38-46-30-11-6-7-12-32(30)58-38)13-9-21-57-31-19-16-26(23-29(31)42)10-8-20-53(3)24-27-14-17-28(18-15-27)40(51-52-40)41(43,44)45/h6-7,11-12,14-19,22-23H,5,9,13,20-21,24H2,1-4H3,(H,46,48,50). The van der Waals surface area contributed by atoms with Gasteiger partial charge in [0, 0.05) is 29.6 Å². The molecule has 304 valence electrons. The van der Waals surface area contributed by atoms with Crippen LogP contribution < -0.4 is 15.0 Å². The lowest BCUT2D eigenvalue weighted by molar-refractivity contribution is -0.166. The van der Waals surface area contributed by atoms with Gasteiger partial charge in [-0.3, -0.25) is 4.90 Å². The SMILES string of the molecule is CCOC(=O)c1nc(N(C)c2cc(C)c(Nc3nc4ccccc4s3)nn2)sc1CCCOc1ccc(C#CCN(C)Cc2ccc(C3(C(F)(F)F)N=N3)cc2)cc1F. The topological polar surface area (TPSA) is 130 Å². The number of carbonyl (C=O) groups excluding carboxylic acids is 1. The lowest BCUT2D eigenvalue weighted by Gasteiger charge is -2.16. The molecule has 0 unspecified atom stereocenters. The molecule has 6 aromatic rings. The van der Waals surface area contributed by atoms with Crippen molar-refractivity contribution in [3.63, 3.8) is 0 Å². The molecule has 12 nitrogen and oxygen atoms in total. The first-order valence-corrected chi connectivity index (χ1v) is 20.0. The number of anilines is 4. The summed E-state index contributed by atoms with van der Waals surface area (Å²) in [7, 11) is 3.62. The number of aryl methyl sites for hydroxylation is 2. The number of nitrogens with zero attached hydrogens (tertiary/aromatic N) is 8. The van der Waals surface area contributed by atoms with Crippen LogP contribution in [-0.4, -0.2) is 71.1 Å². The van der Waals surface area contributed by atoms with E-state index in [1.54, 1.807) is 37.1 Å². The van der Waals surface area contributed by atoms with Gasteiger partial charge in [0.15, 0.2) is 39.2 Å². The second-order valence-electron chi connectivity index (χ2n) is 13.5. The number of alkyl halides is 3. The van der Waals surface area contributed by atoms with Gasteiger partial charge in [-0.05, 0) is 81.3 Å². The van der Waals surface area contributed by atoms with E-state index in [0.717, 1.165) is 21.3 Å². The number of thiazole rings is 2. The van der Waals surface area contributed by atoms with Gasteiger partial charge in [0.05, 0.1) is 30.0 Å². The van der Waals surface area contributed by atoms with Gasteiger partial charge in [0.2, 0.25) is 0 Å². The van der Waals surface area contributed by atoms with E-state index in [0.29, 0.717) is 58.3 Å². The maximum atomic E-state index is 15.0. The van der Waals surface area contributed by atoms with Crippen LogP contribution in [0.4, 0.5) is 39.5 Å². The van der Waals surface area contributed by atoms with Gasteiger partial charge < -0.3 is 19.7 Å². The summed E-state index contributed by atoms with van der Waals surface area (Å²) in [5.41, 5.74) is 0.736. The number of nitrogens with one attached hydrogen (secondary N) is 1. The first kappa shape index (κ1) is 41.1. The summed E-state index contributed by atoms with van der Waals surface area (Å²) in [6, 6.07) is 20.2. The molecular formula is C41H37F4N9O3S2. The molecule has 0 atom stereocenters. The van der Waals surface area contributed by atoms with Crippen molar-refractivity contribution in [3.8, 4) is 17.6 Å². The zero-order valence-electron chi connectivity index (χ0n) is 32.3. The number of ether oxygens (including phenoxy) is 2. The third-order valence-corrected chi connectivity index (χ3v) is 11.2. The molecule has 7 rings (SSSR count). The monoisotopic (exact) mass is 843 g/mol. The molecule has 0 aliphatic carbocycles. The van der Waals surface area contributed by atoms with Crippen LogP contribution in [0.1, 0.15) is 51.0 Å². The van der Waals surface area contributed by atoms with Crippen molar-refractivity contribution in [1.82, 2.24) is 25.1 Å². The zero-order chi connectivity index (χ0) is 41.7.